The van der Waals surface area contributed by atoms with Crippen molar-refractivity contribution in [2.75, 3.05) is 13.2 Å². The van der Waals surface area contributed by atoms with E-state index >= 15 is 0 Å². The number of hydrogen-bond acceptors (Lipinski definition) is 6. The van der Waals surface area contributed by atoms with Crippen LogP contribution in [-0.4, -0.2) is 42.1 Å². The van der Waals surface area contributed by atoms with Crippen LogP contribution in [0.5, 0.6) is 0 Å². The molecule has 0 aromatic rings. The van der Waals surface area contributed by atoms with E-state index in [4.69, 9.17) is 37.4 Å². The minimum Gasteiger partial charge on any atom is -0.462 e. The Morgan fingerprint density at radius 1 is 0.469 bits per heavy atom. The number of rotatable bonds is 36. The molecule has 8 heteroatoms. The number of allylic oxidation sites excluding steroid dienone is 4. The standard InChI is InChI=1S/C41H72Cl2O6/c1-3-5-7-9-11-13-15-17-19-21-23-25-27-29-31-33-38(44)47-35-37(36-48-41(46)40(42)43)49-39(45)34-32-30-28-26-24-22-20-18-16-14-12-10-8-6-4-2/h17-20,37,40H,3-16,21-36H2,1-2H3/b19-17-,20-18-. The molecule has 49 heavy (non-hydrogen) atoms. The molecule has 0 fully saturated rings. The fraction of sp³-hybridized carbons (Fsp3) is 0.829. The molecule has 0 saturated heterocycles. The van der Waals surface area contributed by atoms with Crippen LogP contribution in [-0.2, 0) is 28.6 Å². The molecule has 0 rings (SSSR count). The van der Waals surface area contributed by atoms with Crippen molar-refractivity contribution in [2.24, 2.45) is 0 Å². The molecule has 0 aromatic heterocycles. The molecule has 0 saturated carbocycles. The van der Waals surface area contributed by atoms with Crippen LogP contribution in [0.2, 0.25) is 0 Å². The summed E-state index contributed by atoms with van der Waals surface area (Å²) < 4.78 is 15.9. The lowest BCUT2D eigenvalue weighted by Crippen LogP contribution is -2.31. The third-order valence-electron chi connectivity index (χ3n) is 8.60. The summed E-state index contributed by atoms with van der Waals surface area (Å²) >= 11 is 11.1. The minimum absolute atomic E-state index is 0.176. The van der Waals surface area contributed by atoms with E-state index in [9.17, 15) is 14.4 Å². The maximum Gasteiger partial charge on any atom is 0.339 e. The molecule has 0 spiro atoms. The van der Waals surface area contributed by atoms with Gasteiger partial charge in [0.2, 0.25) is 4.84 Å². The zero-order chi connectivity index (χ0) is 36.0. The number of unbranched alkanes of at least 4 members (excludes halogenated alkanes) is 22. The van der Waals surface area contributed by atoms with E-state index in [2.05, 4.69) is 38.2 Å². The first kappa shape index (κ1) is 47.5. The van der Waals surface area contributed by atoms with E-state index in [1.807, 2.05) is 0 Å². The Morgan fingerprint density at radius 2 is 0.816 bits per heavy atom. The van der Waals surface area contributed by atoms with Crippen LogP contribution >= 0.6 is 23.2 Å². The molecule has 286 valence electrons. The summed E-state index contributed by atoms with van der Waals surface area (Å²) in [5.41, 5.74) is 0. The highest BCUT2D eigenvalue weighted by Gasteiger charge is 2.21. The minimum atomic E-state index is -1.34. The third-order valence-corrected chi connectivity index (χ3v) is 8.96. The molecule has 1 atom stereocenters. The second-order valence-electron chi connectivity index (χ2n) is 13.4. The molecular weight excluding hydrogens is 659 g/mol. The number of esters is 3. The van der Waals surface area contributed by atoms with Crippen molar-refractivity contribution in [1.82, 2.24) is 0 Å². The van der Waals surface area contributed by atoms with Gasteiger partial charge in [0.05, 0.1) is 0 Å². The first-order valence-corrected chi connectivity index (χ1v) is 20.9. The van der Waals surface area contributed by atoms with Crippen LogP contribution in [0.1, 0.15) is 194 Å². The number of hydrogen-bond donors (Lipinski definition) is 0. The lowest BCUT2D eigenvalue weighted by atomic mass is 10.1. The molecule has 0 aliphatic carbocycles. The van der Waals surface area contributed by atoms with Gasteiger partial charge in [-0.25, -0.2) is 4.79 Å². The van der Waals surface area contributed by atoms with Crippen molar-refractivity contribution in [3.63, 3.8) is 0 Å². The van der Waals surface area contributed by atoms with E-state index in [0.29, 0.717) is 6.42 Å². The first-order valence-electron chi connectivity index (χ1n) is 20.0. The van der Waals surface area contributed by atoms with Gasteiger partial charge in [0, 0.05) is 12.8 Å². The topological polar surface area (TPSA) is 78.9 Å². The SMILES string of the molecule is CCCCCCCC/C=C\CCCCCCCC(=O)OCC(COC(=O)C(Cl)Cl)OC(=O)CCCCCCC/C=C\CCCCCCCC. The summed E-state index contributed by atoms with van der Waals surface area (Å²) in [5.74, 6) is -1.59. The fourth-order valence-corrected chi connectivity index (χ4v) is 5.66. The summed E-state index contributed by atoms with van der Waals surface area (Å²) in [4.78, 5) is 35.2. The number of carbonyl (C=O) groups is 3. The van der Waals surface area contributed by atoms with Crippen molar-refractivity contribution < 1.29 is 28.6 Å². The zero-order valence-corrected chi connectivity index (χ0v) is 32.9. The average molecular weight is 732 g/mol. The first-order chi connectivity index (χ1) is 23.9. The van der Waals surface area contributed by atoms with Crippen LogP contribution in [0.4, 0.5) is 0 Å². The van der Waals surface area contributed by atoms with E-state index in [1.165, 1.54) is 96.3 Å². The highest BCUT2D eigenvalue weighted by Crippen LogP contribution is 2.13. The van der Waals surface area contributed by atoms with Crippen LogP contribution in [0.15, 0.2) is 24.3 Å². The third kappa shape index (κ3) is 36.1. The molecule has 0 aliphatic rings. The van der Waals surface area contributed by atoms with Crippen LogP contribution in [0.3, 0.4) is 0 Å². The second kappa shape index (κ2) is 37.7. The lowest BCUT2D eigenvalue weighted by Gasteiger charge is -2.18. The average Bonchev–Trinajstić information content (AvgIpc) is 3.09. The zero-order valence-electron chi connectivity index (χ0n) is 31.4. The number of carbonyl (C=O) groups excluding carboxylic acids is 3. The molecule has 0 radical (unpaired) electrons. The van der Waals surface area contributed by atoms with Crippen molar-refractivity contribution >= 4 is 41.1 Å². The van der Waals surface area contributed by atoms with Gasteiger partial charge in [0.15, 0.2) is 6.10 Å². The van der Waals surface area contributed by atoms with E-state index < -0.39 is 22.9 Å². The Hall–Kier alpha value is -1.53. The molecule has 0 bridgehead atoms. The predicted octanol–water partition coefficient (Wildman–Crippen LogP) is 12.9. The molecular formula is C41H72Cl2O6. The lowest BCUT2D eigenvalue weighted by molar-refractivity contribution is -0.166. The summed E-state index contributed by atoms with van der Waals surface area (Å²) in [6.45, 7) is 4.05. The van der Waals surface area contributed by atoms with Crippen molar-refractivity contribution in [1.29, 1.82) is 0 Å². The highest BCUT2D eigenvalue weighted by molar-refractivity contribution is 6.52. The molecule has 1 unspecified atom stereocenters. The number of halogens is 2. The second-order valence-corrected chi connectivity index (χ2v) is 14.5. The molecule has 0 aromatic carbocycles. The number of alkyl halides is 2. The van der Waals surface area contributed by atoms with Gasteiger partial charge in [0.25, 0.3) is 0 Å². The van der Waals surface area contributed by atoms with Gasteiger partial charge in [-0.1, -0.05) is 164 Å². The maximum atomic E-state index is 12.5. The largest absolute Gasteiger partial charge is 0.462 e. The van der Waals surface area contributed by atoms with Gasteiger partial charge < -0.3 is 14.2 Å². The predicted molar refractivity (Wildman–Crippen MR) is 206 cm³/mol. The van der Waals surface area contributed by atoms with E-state index in [1.54, 1.807) is 0 Å². The Labute approximate surface area is 310 Å². The van der Waals surface area contributed by atoms with Gasteiger partial charge in [-0.05, 0) is 64.2 Å². The number of ether oxygens (including phenoxy) is 3. The Kier molecular flexibility index (Phi) is 36.5. The molecule has 0 aliphatic heterocycles. The Balaban J connectivity index is 4.04. The van der Waals surface area contributed by atoms with Crippen molar-refractivity contribution in [2.45, 2.75) is 205 Å². The summed E-state index contributed by atoms with van der Waals surface area (Å²) in [7, 11) is 0. The van der Waals surface area contributed by atoms with Crippen molar-refractivity contribution in [3.8, 4) is 0 Å². The molecule has 0 heterocycles. The highest BCUT2D eigenvalue weighted by atomic mass is 35.5. The van der Waals surface area contributed by atoms with Crippen LogP contribution in [0, 0.1) is 0 Å². The summed E-state index contributed by atoms with van der Waals surface area (Å²) in [6.07, 6.45) is 39.7. The van der Waals surface area contributed by atoms with E-state index in [0.717, 1.165) is 70.6 Å². The van der Waals surface area contributed by atoms with Crippen LogP contribution < -0.4 is 0 Å². The van der Waals surface area contributed by atoms with Gasteiger partial charge >= 0.3 is 17.9 Å². The van der Waals surface area contributed by atoms with Crippen LogP contribution in [0.25, 0.3) is 0 Å². The van der Waals surface area contributed by atoms with Gasteiger partial charge in [-0.3, -0.25) is 9.59 Å². The normalized spacial score (nSPS) is 12.3. The molecule has 0 amide bonds. The Bertz CT molecular complexity index is 829. The van der Waals surface area contributed by atoms with Gasteiger partial charge in [-0.2, -0.15) is 0 Å². The molecule has 6 nitrogen and oxygen atoms in total. The fourth-order valence-electron chi connectivity index (χ4n) is 5.54. The van der Waals surface area contributed by atoms with Gasteiger partial charge in [0.1, 0.15) is 13.2 Å². The monoisotopic (exact) mass is 730 g/mol. The molecule has 0 N–H and O–H groups in total. The van der Waals surface area contributed by atoms with Crippen molar-refractivity contribution in [3.05, 3.63) is 24.3 Å². The quantitative estimate of drug-likeness (QED) is 0.0210. The maximum absolute atomic E-state index is 12.5. The smallest absolute Gasteiger partial charge is 0.339 e. The Morgan fingerprint density at radius 3 is 1.22 bits per heavy atom. The summed E-state index contributed by atoms with van der Waals surface area (Å²) in [6, 6.07) is 0. The van der Waals surface area contributed by atoms with E-state index in [-0.39, 0.29) is 25.6 Å². The van der Waals surface area contributed by atoms with Gasteiger partial charge in [-0.15, -0.1) is 0 Å². The summed E-state index contributed by atoms with van der Waals surface area (Å²) in [5, 5.41) is 0.